The van der Waals surface area contributed by atoms with Crippen LogP contribution in [0.2, 0.25) is 0 Å². The second-order valence-corrected chi connectivity index (χ2v) is 10.3. The lowest BCUT2D eigenvalue weighted by atomic mass is 9.49. The number of nitrogens with one attached hydrogen (secondary N) is 1. The zero-order chi connectivity index (χ0) is 19.3. The number of carbonyl (C=O) groups excluding carboxylic acids is 1. The molecule has 4 saturated carbocycles. The Balaban J connectivity index is 1.23. The third-order valence-electron chi connectivity index (χ3n) is 6.90. The summed E-state index contributed by atoms with van der Waals surface area (Å²) in [5, 5.41) is 12.9. The quantitative estimate of drug-likeness (QED) is 0.780. The molecule has 1 amide bonds. The first-order valence-electron chi connectivity index (χ1n) is 10.3. The maximum Gasteiger partial charge on any atom is 0.232 e. The largest absolute Gasteiger partial charge is 0.486 e. The highest BCUT2D eigenvalue weighted by atomic mass is 32.1. The van der Waals surface area contributed by atoms with Crippen LogP contribution in [-0.4, -0.2) is 16.1 Å². The molecule has 5 nitrogen and oxygen atoms in total. The van der Waals surface area contributed by atoms with E-state index in [2.05, 4.69) is 34.6 Å². The van der Waals surface area contributed by atoms with Crippen LogP contribution in [0.1, 0.15) is 54.7 Å². The van der Waals surface area contributed by atoms with E-state index in [9.17, 15) is 4.79 Å². The van der Waals surface area contributed by atoms with Crippen molar-refractivity contribution in [2.75, 3.05) is 5.32 Å². The average Bonchev–Trinajstić information content (AvgIpc) is 3.09. The van der Waals surface area contributed by atoms with Crippen LogP contribution >= 0.6 is 11.3 Å². The minimum absolute atomic E-state index is 0.157. The summed E-state index contributed by atoms with van der Waals surface area (Å²) in [5.74, 6) is 3.31. The fourth-order valence-corrected chi connectivity index (χ4v) is 6.63. The zero-order valence-corrected chi connectivity index (χ0v) is 17.3. The number of anilines is 1. The second-order valence-electron chi connectivity index (χ2n) is 9.21. The number of aryl methyl sites for hydroxylation is 2. The van der Waals surface area contributed by atoms with Gasteiger partial charge >= 0.3 is 0 Å². The monoisotopic (exact) mass is 397 g/mol. The third-order valence-corrected chi connectivity index (χ3v) is 7.71. The molecule has 6 heteroatoms. The molecule has 0 radical (unpaired) electrons. The van der Waals surface area contributed by atoms with Crippen LogP contribution in [0.5, 0.6) is 5.75 Å². The van der Waals surface area contributed by atoms with Crippen molar-refractivity contribution in [3.05, 3.63) is 34.3 Å². The van der Waals surface area contributed by atoms with Gasteiger partial charge in [0.25, 0.3) is 0 Å². The van der Waals surface area contributed by atoms with Gasteiger partial charge < -0.3 is 10.1 Å². The highest BCUT2D eigenvalue weighted by Crippen LogP contribution is 2.60. The van der Waals surface area contributed by atoms with Gasteiger partial charge in [0, 0.05) is 0 Å². The van der Waals surface area contributed by atoms with Crippen LogP contribution in [0.15, 0.2) is 18.2 Å². The van der Waals surface area contributed by atoms with E-state index < -0.39 is 0 Å². The minimum Gasteiger partial charge on any atom is -0.486 e. The number of nitrogens with zero attached hydrogens (tertiary/aromatic N) is 2. The van der Waals surface area contributed by atoms with Crippen LogP contribution in [0, 0.1) is 37.0 Å². The number of amides is 1. The molecule has 0 unspecified atom stereocenters. The molecule has 2 aromatic rings. The lowest BCUT2D eigenvalue weighted by Gasteiger charge is -2.55. The summed E-state index contributed by atoms with van der Waals surface area (Å²) in [6.07, 6.45) is 7.20. The van der Waals surface area contributed by atoms with Crippen molar-refractivity contribution in [3.8, 4) is 5.75 Å². The molecule has 1 N–H and O–H groups in total. The highest BCUT2D eigenvalue weighted by molar-refractivity contribution is 7.15. The van der Waals surface area contributed by atoms with E-state index in [0.29, 0.717) is 11.7 Å². The topological polar surface area (TPSA) is 64.1 Å². The van der Waals surface area contributed by atoms with Crippen molar-refractivity contribution in [1.29, 1.82) is 0 Å². The summed E-state index contributed by atoms with van der Waals surface area (Å²) >= 11 is 1.42. The van der Waals surface area contributed by atoms with Gasteiger partial charge in [0.2, 0.25) is 11.0 Å². The van der Waals surface area contributed by atoms with Crippen LogP contribution in [-0.2, 0) is 11.4 Å². The van der Waals surface area contributed by atoms with Crippen LogP contribution in [0.25, 0.3) is 0 Å². The molecule has 6 rings (SSSR count). The minimum atomic E-state index is -0.157. The summed E-state index contributed by atoms with van der Waals surface area (Å²) in [6, 6.07) is 6.17. The molecular weight excluding hydrogens is 370 g/mol. The Kier molecular flexibility index (Phi) is 4.42. The Morgan fingerprint density at radius 2 is 1.82 bits per heavy atom. The van der Waals surface area contributed by atoms with Crippen molar-refractivity contribution >= 4 is 22.4 Å². The van der Waals surface area contributed by atoms with Gasteiger partial charge in [-0.05, 0) is 87.3 Å². The maximum absolute atomic E-state index is 13.1. The van der Waals surface area contributed by atoms with Crippen LogP contribution in [0.3, 0.4) is 0 Å². The van der Waals surface area contributed by atoms with Crippen LogP contribution in [0.4, 0.5) is 5.13 Å². The van der Waals surface area contributed by atoms with Gasteiger partial charge in [-0.3, -0.25) is 4.79 Å². The smallest absolute Gasteiger partial charge is 0.232 e. The third kappa shape index (κ3) is 3.32. The zero-order valence-electron chi connectivity index (χ0n) is 16.5. The summed E-state index contributed by atoms with van der Waals surface area (Å²) in [7, 11) is 0. The first kappa shape index (κ1) is 18.1. The molecule has 0 aliphatic heterocycles. The molecule has 4 aliphatic rings. The normalized spacial score (nSPS) is 30.4. The SMILES string of the molecule is Cc1ccc(C)c(OCc2nnc(NC(=O)C34CC5CC(CC(C5)C3)C4)s2)c1. The van der Waals surface area contributed by atoms with Gasteiger partial charge in [0.15, 0.2) is 5.01 Å². The standard InChI is InChI=1S/C22H27N3O2S/c1-13-3-4-14(2)18(5-13)27-12-19-24-25-21(28-19)23-20(26)22-9-15-6-16(10-22)8-17(7-15)11-22/h3-5,15-17H,6-12H2,1-2H3,(H,23,25,26). The molecule has 1 aromatic carbocycles. The molecular formula is C22H27N3O2S. The Morgan fingerprint density at radius 3 is 2.50 bits per heavy atom. The lowest BCUT2D eigenvalue weighted by Crippen LogP contribution is -2.51. The fourth-order valence-electron chi connectivity index (χ4n) is 5.98. The van der Waals surface area contributed by atoms with E-state index >= 15 is 0 Å². The van der Waals surface area contributed by atoms with Crippen molar-refractivity contribution in [2.24, 2.45) is 23.2 Å². The number of carbonyl (C=O) groups is 1. The van der Waals surface area contributed by atoms with Gasteiger partial charge in [-0.15, -0.1) is 10.2 Å². The van der Waals surface area contributed by atoms with Crippen LogP contribution < -0.4 is 10.1 Å². The number of aromatic nitrogens is 2. The van der Waals surface area contributed by atoms with E-state index in [1.807, 2.05) is 13.0 Å². The highest BCUT2D eigenvalue weighted by Gasteiger charge is 2.54. The maximum atomic E-state index is 13.1. The van der Waals surface area contributed by atoms with E-state index in [1.165, 1.54) is 36.2 Å². The lowest BCUT2D eigenvalue weighted by molar-refractivity contribution is -0.140. The van der Waals surface area contributed by atoms with Crippen molar-refractivity contribution < 1.29 is 9.53 Å². The molecule has 28 heavy (non-hydrogen) atoms. The summed E-state index contributed by atoms with van der Waals surface area (Å²) < 4.78 is 5.92. The van der Waals surface area contributed by atoms with Gasteiger partial charge in [0.1, 0.15) is 12.4 Å². The Bertz CT molecular complexity index is 872. The molecule has 4 fully saturated rings. The predicted molar refractivity (Wildman–Crippen MR) is 109 cm³/mol. The van der Waals surface area contributed by atoms with E-state index in [1.54, 1.807) is 0 Å². The van der Waals surface area contributed by atoms with Crippen molar-refractivity contribution in [3.63, 3.8) is 0 Å². The molecule has 148 valence electrons. The molecule has 1 heterocycles. The molecule has 4 bridgehead atoms. The number of benzene rings is 1. The Hall–Kier alpha value is -1.95. The van der Waals surface area contributed by atoms with Crippen molar-refractivity contribution in [2.45, 2.75) is 59.0 Å². The van der Waals surface area contributed by atoms with E-state index in [0.717, 1.165) is 53.3 Å². The molecule has 1 aromatic heterocycles. The number of hydrogen-bond donors (Lipinski definition) is 1. The number of hydrogen-bond acceptors (Lipinski definition) is 5. The van der Waals surface area contributed by atoms with E-state index in [-0.39, 0.29) is 11.3 Å². The fraction of sp³-hybridized carbons (Fsp3) is 0.591. The predicted octanol–water partition coefficient (Wildman–Crippen LogP) is 4.89. The first-order chi connectivity index (χ1) is 13.5. The van der Waals surface area contributed by atoms with Gasteiger partial charge in [-0.2, -0.15) is 0 Å². The van der Waals surface area contributed by atoms with Crippen molar-refractivity contribution in [1.82, 2.24) is 10.2 Å². The summed E-state index contributed by atoms with van der Waals surface area (Å²) in [5.41, 5.74) is 2.11. The van der Waals surface area contributed by atoms with Gasteiger partial charge in [-0.1, -0.05) is 23.5 Å². The second kappa shape index (κ2) is 6.83. The first-order valence-corrected chi connectivity index (χ1v) is 11.1. The molecule has 0 atom stereocenters. The molecule has 0 spiro atoms. The molecule has 4 aliphatic carbocycles. The van der Waals surface area contributed by atoms with Gasteiger partial charge in [0.05, 0.1) is 5.41 Å². The molecule has 0 saturated heterocycles. The number of ether oxygens (including phenoxy) is 1. The Morgan fingerprint density at radius 1 is 1.14 bits per heavy atom. The summed E-state index contributed by atoms with van der Waals surface area (Å²) in [6.45, 7) is 4.45. The number of rotatable bonds is 5. The summed E-state index contributed by atoms with van der Waals surface area (Å²) in [4.78, 5) is 13.1. The van der Waals surface area contributed by atoms with Gasteiger partial charge in [-0.25, -0.2) is 0 Å². The average molecular weight is 398 g/mol. The Labute approximate surface area is 169 Å². The van der Waals surface area contributed by atoms with E-state index in [4.69, 9.17) is 4.74 Å².